The van der Waals surface area contributed by atoms with E-state index in [2.05, 4.69) is 53.7 Å². The molecule has 0 heterocycles. The lowest BCUT2D eigenvalue weighted by Crippen LogP contribution is -2.65. The van der Waals surface area contributed by atoms with Gasteiger partial charge in [-0.05, 0) is 79.4 Å². The van der Waals surface area contributed by atoms with Crippen molar-refractivity contribution in [2.24, 2.45) is 46.3 Å². The standard InChI is InChI=1S/C28H46O3/c1-17(2)18(3)7-8-19(4)22-9-10-23-21-15-25(30)28(31)16-20(29)11-14-27(28,6)24(21)12-13-26(22,23)5/h7-8,15,17-20,22-25,29-31H,9-14,16H2,1-6H3/b8-7+/t18-,19+,20-,22?,23-,24-,25+,26+,27+,28-/m0/s1. The van der Waals surface area contributed by atoms with Crippen molar-refractivity contribution in [2.45, 2.75) is 104 Å². The molecule has 3 N–H and O–H groups in total. The molecule has 0 aromatic rings. The van der Waals surface area contributed by atoms with E-state index in [1.807, 2.05) is 6.08 Å². The quantitative estimate of drug-likeness (QED) is 0.516. The normalized spacial score (nSPS) is 49.4. The van der Waals surface area contributed by atoms with E-state index in [9.17, 15) is 15.3 Å². The van der Waals surface area contributed by atoms with Gasteiger partial charge in [-0.25, -0.2) is 0 Å². The number of aliphatic hydroxyl groups excluding tert-OH is 2. The van der Waals surface area contributed by atoms with Crippen LogP contribution in [-0.2, 0) is 0 Å². The first-order valence-electron chi connectivity index (χ1n) is 12.9. The molecule has 0 bridgehead atoms. The lowest BCUT2D eigenvalue weighted by molar-refractivity contribution is -0.210. The van der Waals surface area contributed by atoms with Crippen LogP contribution in [0.25, 0.3) is 0 Å². The van der Waals surface area contributed by atoms with Gasteiger partial charge in [0.25, 0.3) is 0 Å². The summed E-state index contributed by atoms with van der Waals surface area (Å²) in [7, 11) is 0. The van der Waals surface area contributed by atoms with E-state index in [0.717, 1.165) is 19.3 Å². The molecule has 3 fully saturated rings. The number of allylic oxidation sites excluding steroid dienone is 3. The zero-order valence-electron chi connectivity index (χ0n) is 20.6. The minimum atomic E-state index is -1.20. The van der Waals surface area contributed by atoms with Crippen LogP contribution in [0.2, 0.25) is 0 Å². The van der Waals surface area contributed by atoms with E-state index in [1.54, 1.807) is 0 Å². The highest BCUT2D eigenvalue weighted by molar-refractivity contribution is 5.33. The summed E-state index contributed by atoms with van der Waals surface area (Å²) >= 11 is 0. The minimum absolute atomic E-state index is 0.271. The fraction of sp³-hybridized carbons (Fsp3) is 0.857. The maximum absolute atomic E-state index is 11.6. The fourth-order valence-corrected chi connectivity index (χ4v) is 8.16. The Kier molecular flexibility index (Phi) is 6.06. The van der Waals surface area contributed by atoms with Gasteiger partial charge in [0.2, 0.25) is 0 Å². The second kappa shape index (κ2) is 7.99. The highest BCUT2D eigenvalue weighted by Gasteiger charge is 2.64. The zero-order valence-corrected chi connectivity index (χ0v) is 20.6. The van der Waals surface area contributed by atoms with Crippen LogP contribution in [0.1, 0.15) is 86.5 Å². The monoisotopic (exact) mass is 430 g/mol. The topological polar surface area (TPSA) is 60.7 Å². The molecule has 0 saturated heterocycles. The van der Waals surface area contributed by atoms with Gasteiger partial charge in [-0.3, -0.25) is 0 Å². The number of aliphatic hydroxyl groups is 3. The van der Waals surface area contributed by atoms with Crippen LogP contribution >= 0.6 is 0 Å². The number of hydrogen-bond donors (Lipinski definition) is 3. The SMILES string of the molecule is CC(C)[C@@H](C)/C=C/[C@@H](C)C1CC[C@H]2C3=C[C@@H](O)[C@@]4(O)C[C@@H](O)CC[C@]4(C)[C@H]3CC[C@]12C. The van der Waals surface area contributed by atoms with Crippen LogP contribution in [0.3, 0.4) is 0 Å². The average Bonchev–Trinajstić information content (AvgIpc) is 3.05. The average molecular weight is 431 g/mol. The van der Waals surface area contributed by atoms with E-state index >= 15 is 0 Å². The van der Waals surface area contributed by atoms with E-state index in [-0.39, 0.29) is 10.8 Å². The molecule has 3 nitrogen and oxygen atoms in total. The van der Waals surface area contributed by atoms with Gasteiger partial charge in [0.15, 0.2) is 0 Å². The zero-order chi connectivity index (χ0) is 22.8. The number of hydrogen-bond acceptors (Lipinski definition) is 3. The van der Waals surface area contributed by atoms with Crippen LogP contribution in [0.5, 0.6) is 0 Å². The summed E-state index contributed by atoms with van der Waals surface area (Å²) in [6, 6.07) is 0. The van der Waals surface area contributed by atoms with Crippen LogP contribution in [0.15, 0.2) is 23.8 Å². The van der Waals surface area contributed by atoms with E-state index in [4.69, 9.17) is 0 Å². The van der Waals surface area contributed by atoms with Crippen molar-refractivity contribution in [1.29, 1.82) is 0 Å². The third-order valence-corrected chi connectivity index (χ3v) is 10.7. The predicted octanol–water partition coefficient (Wildman–Crippen LogP) is 5.50. The Morgan fingerprint density at radius 2 is 1.65 bits per heavy atom. The molecule has 4 aliphatic rings. The molecule has 31 heavy (non-hydrogen) atoms. The van der Waals surface area contributed by atoms with Crippen molar-refractivity contribution in [1.82, 2.24) is 0 Å². The number of rotatable bonds is 4. The Balaban J connectivity index is 1.61. The largest absolute Gasteiger partial charge is 0.393 e. The molecule has 0 aromatic carbocycles. The summed E-state index contributed by atoms with van der Waals surface area (Å²) in [4.78, 5) is 0. The van der Waals surface area contributed by atoms with E-state index in [0.29, 0.717) is 41.9 Å². The molecule has 0 aliphatic heterocycles. The molecule has 0 radical (unpaired) electrons. The maximum Gasteiger partial charge on any atom is 0.102 e. The Labute approximate surface area is 190 Å². The van der Waals surface area contributed by atoms with Crippen LogP contribution in [0.4, 0.5) is 0 Å². The molecular formula is C28H46O3. The summed E-state index contributed by atoms with van der Waals surface area (Å²) in [6.45, 7) is 14.0. The van der Waals surface area contributed by atoms with Crippen molar-refractivity contribution >= 4 is 0 Å². The summed E-state index contributed by atoms with van der Waals surface area (Å²) in [5.41, 5.74) is 0.160. The summed E-state index contributed by atoms with van der Waals surface area (Å²) in [5, 5.41) is 32.9. The molecular weight excluding hydrogens is 384 g/mol. The van der Waals surface area contributed by atoms with Gasteiger partial charge in [0.1, 0.15) is 11.7 Å². The van der Waals surface area contributed by atoms with Gasteiger partial charge >= 0.3 is 0 Å². The third kappa shape index (κ3) is 3.49. The molecule has 0 aromatic heterocycles. The molecule has 1 unspecified atom stereocenters. The fourth-order valence-electron chi connectivity index (χ4n) is 8.16. The summed E-state index contributed by atoms with van der Waals surface area (Å²) < 4.78 is 0. The van der Waals surface area contributed by atoms with Crippen molar-refractivity contribution < 1.29 is 15.3 Å². The molecule has 4 aliphatic carbocycles. The first kappa shape index (κ1) is 23.5. The second-order valence-electron chi connectivity index (χ2n) is 12.5. The Hall–Kier alpha value is -0.640. The van der Waals surface area contributed by atoms with Gasteiger partial charge in [0, 0.05) is 11.8 Å². The van der Waals surface area contributed by atoms with Crippen LogP contribution in [-0.4, -0.2) is 33.1 Å². The lowest BCUT2D eigenvalue weighted by Gasteiger charge is -2.62. The van der Waals surface area contributed by atoms with Crippen LogP contribution in [0, 0.1) is 46.3 Å². The van der Waals surface area contributed by atoms with Gasteiger partial charge in [-0.1, -0.05) is 65.3 Å². The molecule has 0 spiro atoms. The number of fused-ring (bicyclic) bond motifs is 5. The predicted molar refractivity (Wildman–Crippen MR) is 126 cm³/mol. The van der Waals surface area contributed by atoms with Crippen molar-refractivity contribution in [3.05, 3.63) is 23.8 Å². The lowest BCUT2D eigenvalue weighted by atomic mass is 9.45. The molecule has 176 valence electrons. The maximum atomic E-state index is 11.6. The van der Waals surface area contributed by atoms with Gasteiger partial charge in [-0.15, -0.1) is 0 Å². The Morgan fingerprint density at radius 1 is 0.935 bits per heavy atom. The van der Waals surface area contributed by atoms with Gasteiger partial charge < -0.3 is 15.3 Å². The Morgan fingerprint density at radius 3 is 2.32 bits per heavy atom. The molecule has 3 saturated carbocycles. The summed E-state index contributed by atoms with van der Waals surface area (Å²) in [6.07, 6.45) is 12.1. The molecule has 0 amide bonds. The molecule has 3 heteroatoms. The first-order valence-corrected chi connectivity index (χ1v) is 12.9. The highest BCUT2D eigenvalue weighted by atomic mass is 16.3. The Bertz CT molecular complexity index is 741. The minimum Gasteiger partial charge on any atom is -0.393 e. The van der Waals surface area contributed by atoms with Crippen LogP contribution < -0.4 is 0 Å². The van der Waals surface area contributed by atoms with Crippen molar-refractivity contribution in [2.75, 3.05) is 0 Å². The first-order chi connectivity index (χ1) is 14.4. The molecule has 10 atom stereocenters. The van der Waals surface area contributed by atoms with Gasteiger partial charge in [-0.2, -0.15) is 0 Å². The third-order valence-electron chi connectivity index (χ3n) is 10.7. The second-order valence-corrected chi connectivity index (χ2v) is 12.5. The molecule has 4 rings (SSSR count). The summed E-state index contributed by atoms with van der Waals surface area (Å²) in [5.74, 6) is 3.37. The smallest absolute Gasteiger partial charge is 0.102 e. The van der Waals surface area contributed by atoms with Gasteiger partial charge in [0.05, 0.1) is 6.10 Å². The highest BCUT2D eigenvalue weighted by Crippen LogP contribution is 2.67. The van der Waals surface area contributed by atoms with E-state index in [1.165, 1.54) is 24.8 Å². The van der Waals surface area contributed by atoms with Crippen molar-refractivity contribution in [3.63, 3.8) is 0 Å². The van der Waals surface area contributed by atoms with E-state index < -0.39 is 17.8 Å². The van der Waals surface area contributed by atoms with Crippen molar-refractivity contribution in [3.8, 4) is 0 Å².